The molecule has 1 saturated heterocycles. The van der Waals surface area contributed by atoms with Crippen molar-refractivity contribution in [2.24, 2.45) is 5.92 Å². The Morgan fingerprint density at radius 3 is 2.79 bits per heavy atom. The molecule has 10 heteroatoms. The fraction of sp³-hybridized carbons (Fsp3) is 0.389. The SMILES string of the molecule is CN(C)S(=O)(=O)c1cccc(C(=O)N2CCCC(C(=O)Nc3nccs3)C2)c1. The summed E-state index contributed by atoms with van der Waals surface area (Å²) >= 11 is 1.34. The Hall–Kier alpha value is -2.30. The molecule has 8 nitrogen and oxygen atoms in total. The lowest BCUT2D eigenvalue weighted by atomic mass is 9.96. The van der Waals surface area contributed by atoms with Crippen molar-refractivity contribution in [2.75, 3.05) is 32.5 Å². The molecule has 3 rings (SSSR count). The van der Waals surface area contributed by atoms with E-state index in [-0.39, 0.29) is 22.6 Å². The summed E-state index contributed by atoms with van der Waals surface area (Å²) < 4.78 is 25.7. The molecule has 0 bridgehead atoms. The molecule has 2 heterocycles. The highest BCUT2D eigenvalue weighted by atomic mass is 32.2. The van der Waals surface area contributed by atoms with Crippen LogP contribution in [0, 0.1) is 5.92 Å². The third kappa shape index (κ3) is 4.40. The molecule has 2 aromatic rings. The van der Waals surface area contributed by atoms with Crippen molar-refractivity contribution in [2.45, 2.75) is 17.7 Å². The van der Waals surface area contributed by atoms with Crippen molar-refractivity contribution >= 4 is 38.3 Å². The van der Waals surface area contributed by atoms with E-state index in [2.05, 4.69) is 10.3 Å². The van der Waals surface area contributed by atoms with Crippen LogP contribution in [0.3, 0.4) is 0 Å². The molecule has 0 radical (unpaired) electrons. The van der Waals surface area contributed by atoms with Crippen molar-refractivity contribution in [3.05, 3.63) is 41.4 Å². The first-order valence-corrected chi connectivity index (χ1v) is 11.1. The van der Waals surface area contributed by atoms with Gasteiger partial charge in [0.05, 0.1) is 10.8 Å². The van der Waals surface area contributed by atoms with Crippen molar-refractivity contribution in [1.82, 2.24) is 14.2 Å². The Morgan fingerprint density at radius 2 is 2.11 bits per heavy atom. The predicted octanol–water partition coefficient (Wildman–Crippen LogP) is 1.88. The number of aromatic nitrogens is 1. The van der Waals surface area contributed by atoms with E-state index in [9.17, 15) is 18.0 Å². The zero-order valence-corrected chi connectivity index (χ0v) is 17.3. The molecule has 2 amide bonds. The minimum atomic E-state index is -3.62. The van der Waals surface area contributed by atoms with Gasteiger partial charge in [-0.05, 0) is 31.0 Å². The highest BCUT2D eigenvalue weighted by molar-refractivity contribution is 7.89. The molecule has 1 aliphatic heterocycles. The zero-order valence-electron chi connectivity index (χ0n) is 15.7. The van der Waals surface area contributed by atoms with Gasteiger partial charge < -0.3 is 10.2 Å². The third-order valence-electron chi connectivity index (χ3n) is 4.60. The molecule has 1 aliphatic rings. The van der Waals surface area contributed by atoms with Gasteiger partial charge in [-0.15, -0.1) is 11.3 Å². The van der Waals surface area contributed by atoms with Gasteiger partial charge in [-0.1, -0.05) is 6.07 Å². The van der Waals surface area contributed by atoms with Gasteiger partial charge in [-0.25, -0.2) is 17.7 Å². The predicted molar refractivity (Wildman–Crippen MR) is 107 cm³/mol. The standard InChI is InChI=1S/C18H22N4O4S2/c1-21(2)28(25,26)15-7-3-5-13(11-15)17(24)22-9-4-6-14(12-22)16(23)20-18-19-8-10-27-18/h3,5,7-8,10-11,14H,4,6,9,12H2,1-2H3,(H,19,20,23). The number of hydrogen-bond acceptors (Lipinski definition) is 6. The minimum Gasteiger partial charge on any atom is -0.338 e. The Kier molecular flexibility index (Phi) is 6.11. The number of likely N-dealkylation sites (tertiary alicyclic amines) is 1. The van der Waals surface area contributed by atoms with Gasteiger partial charge in [-0.3, -0.25) is 9.59 Å². The fourth-order valence-corrected chi connectivity index (χ4v) is 4.53. The van der Waals surface area contributed by atoms with Crippen molar-refractivity contribution < 1.29 is 18.0 Å². The Bertz CT molecular complexity index is 958. The lowest BCUT2D eigenvalue weighted by Crippen LogP contribution is -2.43. The zero-order chi connectivity index (χ0) is 20.3. The molecule has 1 atom stereocenters. The molecule has 1 aromatic carbocycles. The van der Waals surface area contributed by atoms with E-state index < -0.39 is 10.0 Å². The molecule has 1 aromatic heterocycles. The van der Waals surface area contributed by atoms with E-state index in [1.54, 1.807) is 28.6 Å². The van der Waals surface area contributed by atoms with E-state index >= 15 is 0 Å². The largest absolute Gasteiger partial charge is 0.338 e. The number of benzene rings is 1. The average Bonchev–Trinajstić information content (AvgIpc) is 3.20. The summed E-state index contributed by atoms with van der Waals surface area (Å²) in [5.41, 5.74) is 0.295. The van der Waals surface area contributed by atoms with E-state index in [0.29, 0.717) is 36.6 Å². The van der Waals surface area contributed by atoms with Crippen LogP contribution in [0.1, 0.15) is 23.2 Å². The molecule has 1 N–H and O–H groups in total. The van der Waals surface area contributed by atoms with Crippen LogP contribution in [0.2, 0.25) is 0 Å². The number of piperidine rings is 1. The van der Waals surface area contributed by atoms with Crippen molar-refractivity contribution in [1.29, 1.82) is 0 Å². The summed E-state index contributed by atoms with van der Waals surface area (Å²) in [5.74, 6) is -0.755. The van der Waals surface area contributed by atoms with Crippen molar-refractivity contribution in [3.63, 3.8) is 0 Å². The number of hydrogen-bond donors (Lipinski definition) is 1. The molecule has 1 fully saturated rings. The van der Waals surface area contributed by atoms with Gasteiger partial charge in [0, 0.05) is 44.3 Å². The van der Waals surface area contributed by atoms with Crippen LogP contribution < -0.4 is 5.32 Å². The van der Waals surface area contributed by atoms with Crippen LogP contribution >= 0.6 is 11.3 Å². The number of nitrogens with one attached hydrogen (secondary N) is 1. The molecular weight excluding hydrogens is 400 g/mol. The minimum absolute atomic E-state index is 0.0680. The van der Waals surface area contributed by atoms with Gasteiger partial charge in [-0.2, -0.15) is 0 Å². The van der Waals surface area contributed by atoms with E-state index in [1.807, 2.05) is 0 Å². The summed E-state index contributed by atoms with van der Waals surface area (Å²) in [7, 11) is -0.735. The molecule has 28 heavy (non-hydrogen) atoms. The average molecular weight is 423 g/mol. The second-order valence-corrected chi connectivity index (χ2v) is 9.78. The van der Waals surface area contributed by atoms with Crippen molar-refractivity contribution in [3.8, 4) is 0 Å². The highest BCUT2D eigenvalue weighted by Crippen LogP contribution is 2.22. The van der Waals surface area contributed by atoms with E-state index in [0.717, 1.165) is 4.31 Å². The van der Waals surface area contributed by atoms with Gasteiger partial charge >= 0.3 is 0 Å². The maximum absolute atomic E-state index is 12.9. The monoisotopic (exact) mass is 422 g/mol. The Balaban J connectivity index is 1.73. The summed E-state index contributed by atoms with van der Waals surface area (Å²) in [5, 5.41) is 5.09. The number of rotatable bonds is 5. The third-order valence-corrected chi connectivity index (χ3v) is 7.10. The van der Waals surface area contributed by atoms with Crippen LogP contribution in [-0.2, 0) is 14.8 Å². The van der Waals surface area contributed by atoms with Crippen LogP contribution in [-0.4, -0.2) is 61.6 Å². The maximum Gasteiger partial charge on any atom is 0.253 e. The molecule has 150 valence electrons. The first kappa shape index (κ1) is 20.4. The maximum atomic E-state index is 12.9. The smallest absolute Gasteiger partial charge is 0.253 e. The number of carbonyl (C=O) groups is 2. The first-order valence-electron chi connectivity index (χ1n) is 8.81. The van der Waals surface area contributed by atoms with Gasteiger partial charge in [0.2, 0.25) is 15.9 Å². The summed E-state index contributed by atoms with van der Waals surface area (Å²) in [6, 6.07) is 6.00. The fourth-order valence-electron chi connectivity index (χ4n) is 3.05. The van der Waals surface area contributed by atoms with E-state index in [4.69, 9.17) is 0 Å². The molecule has 1 unspecified atom stereocenters. The van der Waals surface area contributed by atoms with Gasteiger partial charge in [0.1, 0.15) is 0 Å². The summed E-state index contributed by atoms with van der Waals surface area (Å²) in [6.07, 6.45) is 3.01. The Morgan fingerprint density at radius 1 is 1.32 bits per heavy atom. The second-order valence-electron chi connectivity index (χ2n) is 6.73. The number of carbonyl (C=O) groups excluding carboxylic acids is 2. The first-order chi connectivity index (χ1) is 13.3. The lowest BCUT2D eigenvalue weighted by molar-refractivity contribution is -0.121. The number of nitrogens with zero attached hydrogens (tertiary/aromatic N) is 3. The summed E-state index contributed by atoms with van der Waals surface area (Å²) in [6.45, 7) is 0.825. The van der Waals surface area contributed by atoms with Crippen LogP contribution in [0.15, 0.2) is 40.7 Å². The quantitative estimate of drug-likeness (QED) is 0.793. The summed E-state index contributed by atoms with van der Waals surface area (Å²) in [4.78, 5) is 31.1. The van der Waals surface area contributed by atoms with Crippen LogP contribution in [0.5, 0.6) is 0 Å². The Labute approximate surface area is 168 Å². The number of anilines is 1. The molecular formula is C18H22N4O4S2. The highest BCUT2D eigenvalue weighted by Gasteiger charge is 2.30. The number of amides is 2. The lowest BCUT2D eigenvalue weighted by Gasteiger charge is -2.32. The molecule has 0 saturated carbocycles. The second kappa shape index (κ2) is 8.38. The normalized spacial score (nSPS) is 17.5. The number of thiazole rings is 1. The van der Waals surface area contributed by atoms with Gasteiger partial charge in [0.15, 0.2) is 5.13 Å². The van der Waals surface area contributed by atoms with E-state index in [1.165, 1.54) is 37.6 Å². The number of sulfonamides is 1. The van der Waals surface area contributed by atoms with Crippen LogP contribution in [0.25, 0.3) is 0 Å². The van der Waals surface area contributed by atoms with Gasteiger partial charge in [0.25, 0.3) is 5.91 Å². The molecule has 0 aliphatic carbocycles. The van der Waals surface area contributed by atoms with Crippen LogP contribution in [0.4, 0.5) is 5.13 Å². The topological polar surface area (TPSA) is 99.7 Å². The molecule has 0 spiro atoms.